The Kier molecular flexibility index (Phi) is 4.32. The van der Waals surface area contributed by atoms with Crippen LogP contribution in [0.1, 0.15) is 22.2 Å². The van der Waals surface area contributed by atoms with Gasteiger partial charge in [-0.2, -0.15) is 0 Å². The largest absolute Gasteiger partial charge is 0.0952 e. The van der Waals surface area contributed by atoms with E-state index in [2.05, 4.69) is 91.9 Å². The standard InChI is InChI=1S/C20H18Si/c1-16-10-8-9-15-19(16)21-20(17-11-4-2-5-12-17)18-13-6-3-7-14-18/h2-15,20H,1H3. The molecule has 0 spiro atoms. The van der Waals surface area contributed by atoms with Crippen molar-refractivity contribution in [2.45, 2.75) is 12.5 Å². The molecule has 1 heteroatoms. The van der Waals surface area contributed by atoms with Gasteiger partial charge in [0.2, 0.25) is 0 Å². The Morgan fingerprint density at radius 2 is 1.10 bits per heavy atom. The van der Waals surface area contributed by atoms with Crippen LogP contribution in [-0.2, 0) is 0 Å². The van der Waals surface area contributed by atoms with Gasteiger partial charge in [-0.15, -0.1) is 0 Å². The summed E-state index contributed by atoms with van der Waals surface area (Å²) in [6, 6.07) is 30.4. The zero-order valence-corrected chi connectivity index (χ0v) is 13.2. The Bertz CT molecular complexity index is 650. The topological polar surface area (TPSA) is 0 Å². The Morgan fingerprint density at radius 1 is 0.619 bits per heavy atom. The van der Waals surface area contributed by atoms with Gasteiger partial charge in [0.15, 0.2) is 0 Å². The molecule has 102 valence electrons. The van der Waals surface area contributed by atoms with Crippen molar-refractivity contribution in [2.24, 2.45) is 0 Å². The highest BCUT2D eigenvalue weighted by molar-refractivity contribution is 6.56. The normalized spacial score (nSPS) is 10.8. The van der Waals surface area contributed by atoms with Crippen LogP contribution in [0.5, 0.6) is 0 Å². The van der Waals surface area contributed by atoms with Crippen molar-refractivity contribution in [3.63, 3.8) is 0 Å². The minimum absolute atomic E-state index is 0.438. The Balaban J connectivity index is 1.99. The summed E-state index contributed by atoms with van der Waals surface area (Å²) in [5.41, 5.74) is 4.61. The summed E-state index contributed by atoms with van der Waals surface area (Å²) in [7, 11) is 0.749. The van der Waals surface area contributed by atoms with Crippen molar-refractivity contribution < 1.29 is 0 Å². The first-order valence-corrected chi connectivity index (χ1v) is 8.34. The third kappa shape index (κ3) is 3.31. The van der Waals surface area contributed by atoms with Crippen LogP contribution in [0.4, 0.5) is 0 Å². The average molecular weight is 286 g/mol. The van der Waals surface area contributed by atoms with E-state index in [0.717, 1.165) is 9.52 Å². The summed E-state index contributed by atoms with van der Waals surface area (Å²) < 4.78 is 0. The maximum absolute atomic E-state index is 2.26. The number of rotatable bonds is 4. The molecular formula is C20H18Si. The second kappa shape index (κ2) is 6.55. The maximum atomic E-state index is 2.26. The lowest BCUT2D eigenvalue weighted by Gasteiger charge is -2.18. The number of benzene rings is 3. The van der Waals surface area contributed by atoms with Gasteiger partial charge >= 0.3 is 0 Å². The first-order chi connectivity index (χ1) is 10.3. The molecule has 0 bridgehead atoms. The maximum Gasteiger partial charge on any atom is 0.0952 e. The third-order valence-electron chi connectivity index (χ3n) is 3.71. The summed E-state index contributed by atoms with van der Waals surface area (Å²) in [6.07, 6.45) is 0. The van der Waals surface area contributed by atoms with E-state index in [-0.39, 0.29) is 0 Å². The lowest BCUT2D eigenvalue weighted by Crippen LogP contribution is -2.25. The van der Waals surface area contributed by atoms with E-state index in [9.17, 15) is 0 Å². The molecule has 0 nitrogen and oxygen atoms in total. The van der Waals surface area contributed by atoms with E-state index in [1.54, 1.807) is 0 Å². The fraction of sp³-hybridized carbons (Fsp3) is 0.100. The molecule has 0 aromatic heterocycles. The molecule has 0 N–H and O–H groups in total. The van der Waals surface area contributed by atoms with Crippen LogP contribution in [-0.4, -0.2) is 9.52 Å². The molecule has 0 saturated carbocycles. The van der Waals surface area contributed by atoms with E-state index in [1.165, 1.54) is 21.9 Å². The second-order valence-corrected chi connectivity index (χ2v) is 6.62. The molecule has 0 aliphatic heterocycles. The monoisotopic (exact) mass is 286 g/mol. The highest BCUT2D eigenvalue weighted by Gasteiger charge is 2.16. The van der Waals surface area contributed by atoms with Gasteiger partial charge in [-0.25, -0.2) is 0 Å². The van der Waals surface area contributed by atoms with Crippen LogP contribution in [0, 0.1) is 6.92 Å². The Labute approximate surface area is 129 Å². The van der Waals surface area contributed by atoms with Crippen molar-refractivity contribution in [1.82, 2.24) is 0 Å². The first-order valence-electron chi connectivity index (χ1n) is 7.26. The van der Waals surface area contributed by atoms with Crippen molar-refractivity contribution >= 4 is 14.7 Å². The van der Waals surface area contributed by atoms with Crippen LogP contribution < -0.4 is 5.19 Å². The van der Waals surface area contributed by atoms with Gasteiger partial charge < -0.3 is 0 Å². The summed E-state index contributed by atoms with van der Waals surface area (Å²) in [5.74, 6) is 0. The predicted molar refractivity (Wildman–Crippen MR) is 91.3 cm³/mol. The lowest BCUT2D eigenvalue weighted by molar-refractivity contribution is 1.13. The molecule has 0 heterocycles. The highest BCUT2D eigenvalue weighted by Crippen LogP contribution is 2.23. The molecule has 0 aliphatic rings. The van der Waals surface area contributed by atoms with Crippen LogP contribution >= 0.6 is 0 Å². The molecule has 21 heavy (non-hydrogen) atoms. The molecule has 3 rings (SSSR count). The van der Waals surface area contributed by atoms with Crippen molar-refractivity contribution in [1.29, 1.82) is 0 Å². The van der Waals surface area contributed by atoms with Gasteiger partial charge in [0, 0.05) is 5.54 Å². The van der Waals surface area contributed by atoms with Crippen LogP contribution in [0.3, 0.4) is 0 Å². The summed E-state index contributed by atoms with van der Waals surface area (Å²) in [4.78, 5) is 0. The van der Waals surface area contributed by atoms with Crippen molar-refractivity contribution in [3.8, 4) is 0 Å². The quantitative estimate of drug-likeness (QED) is 0.633. The molecule has 0 atom stereocenters. The van der Waals surface area contributed by atoms with Gasteiger partial charge in [0.25, 0.3) is 0 Å². The van der Waals surface area contributed by atoms with Gasteiger partial charge in [0.1, 0.15) is 0 Å². The van der Waals surface area contributed by atoms with Gasteiger partial charge in [-0.3, -0.25) is 0 Å². The Hall–Kier alpha value is -2.12. The number of hydrogen-bond donors (Lipinski definition) is 0. The number of hydrogen-bond acceptors (Lipinski definition) is 0. The molecule has 0 aliphatic carbocycles. The average Bonchev–Trinajstić information content (AvgIpc) is 2.56. The number of aryl methyl sites for hydroxylation is 1. The lowest BCUT2D eigenvalue weighted by atomic mass is 10.0. The predicted octanol–water partition coefficient (Wildman–Crippen LogP) is 4.11. The molecule has 2 radical (unpaired) electrons. The van der Waals surface area contributed by atoms with Crippen LogP contribution in [0.15, 0.2) is 84.9 Å². The molecule has 0 amide bonds. The minimum atomic E-state index is 0.438. The van der Waals surface area contributed by atoms with E-state index < -0.39 is 0 Å². The van der Waals surface area contributed by atoms with Crippen molar-refractivity contribution in [2.75, 3.05) is 0 Å². The second-order valence-electron chi connectivity index (χ2n) is 5.21. The molecule has 3 aromatic rings. The smallest absolute Gasteiger partial charge is 0.0632 e. The van der Waals surface area contributed by atoms with Gasteiger partial charge in [-0.05, 0) is 18.1 Å². The van der Waals surface area contributed by atoms with Gasteiger partial charge in [0.05, 0.1) is 9.52 Å². The zero-order valence-electron chi connectivity index (χ0n) is 12.2. The van der Waals surface area contributed by atoms with Crippen LogP contribution in [0.25, 0.3) is 0 Å². The highest BCUT2D eigenvalue weighted by atomic mass is 28.2. The van der Waals surface area contributed by atoms with Gasteiger partial charge in [-0.1, -0.05) is 95.7 Å². The summed E-state index contributed by atoms with van der Waals surface area (Å²) >= 11 is 0. The summed E-state index contributed by atoms with van der Waals surface area (Å²) in [6.45, 7) is 2.20. The zero-order chi connectivity index (χ0) is 14.5. The molecule has 0 saturated heterocycles. The SMILES string of the molecule is Cc1ccccc1[Si]C(c1ccccc1)c1ccccc1. The molecule has 3 aromatic carbocycles. The molecular weight excluding hydrogens is 268 g/mol. The van der Waals surface area contributed by atoms with Crippen molar-refractivity contribution in [3.05, 3.63) is 102 Å². The minimum Gasteiger partial charge on any atom is -0.0632 e. The molecule has 0 fully saturated rings. The molecule has 0 unspecified atom stereocenters. The summed E-state index contributed by atoms with van der Waals surface area (Å²) in [5, 5.41) is 1.45. The van der Waals surface area contributed by atoms with E-state index in [1.807, 2.05) is 0 Å². The fourth-order valence-electron chi connectivity index (χ4n) is 2.54. The van der Waals surface area contributed by atoms with E-state index in [4.69, 9.17) is 0 Å². The van der Waals surface area contributed by atoms with E-state index >= 15 is 0 Å². The Morgan fingerprint density at radius 3 is 1.62 bits per heavy atom. The third-order valence-corrected chi connectivity index (χ3v) is 5.54. The first kappa shape index (κ1) is 13.8. The van der Waals surface area contributed by atoms with Crippen LogP contribution in [0.2, 0.25) is 0 Å². The fourth-order valence-corrected chi connectivity index (χ4v) is 4.07. The van der Waals surface area contributed by atoms with E-state index in [0.29, 0.717) is 5.54 Å².